The van der Waals surface area contributed by atoms with Crippen LogP contribution in [0.5, 0.6) is 5.75 Å². The van der Waals surface area contributed by atoms with Gasteiger partial charge in [-0.3, -0.25) is 0 Å². The summed E-state index contributed by atoms with van der Waals surface area (Å²) >= 11 is 0. The second kappa shape index (κ2) is 4.80. The lowest BCUT2D eigenvalue weighted by Crippen LogP contribution is -2.28. The third kappa shape index (κ3) is 2.44. The second-order valence-corrected chi connectivity index (χ2v) is 3.92. The van der Waals surface area contributed by atoms with Crippen LogP contribution >= 0.6 is 0 Å². The van der Waals surface area contributed by atoms with Gasteiger partial charge >= 0.3 is 0 Å². The van der Waals surface area contributed by atoms with E-state index in [0.29, 0.717) is 10.9 Å². The fourth-order valence-electron chi connectivity index (χ4n) is 1.58. The average molecular weight is 240 g/mol. The Kier molecular flexibility index (Phi) is 1.54. The SMILES string of the molecule is [2H]C([2H])([2H])Oc1ccc2c(ccn2C([2H])([2H])[C@@H](C)N(C)C([2H])([2H])[2H])c1. The van der Waals surface area contributed by atoms with Crippen molar-refractivity contribution in [3.63, 3.8) is 0 Å². The van der Waals surface area contributed by atoms with E-state index in [1.54, 1.807) is 12.1 Å². The standard InChI is InChI=1S/C14H20N2O/c1-11(15(2)3)10-16-8-7-12-9-13(17-4)5-6-14(12)16/h5-9,11H,10H2,1-4H3/t11-/m1/s1/i2D3,4D3,10D2. The first kappa shape index (κ1) is 5.44. The van der Waals surface area contributed by atoms with Gasteiger partial charge in [0.1, 0.15) is 5.75 Å². The van der Waals surface area contributed by atoms with Gasteiger partial charge in [0.2, 0.25) is 0 Å². The molecule has 3 nitrogen and oxygen atoms in total. The van der Waals surface area contributed by atoms with Gasteiger partial charge < -0.3 is 14.2 Å². The molecule has 0 aliphatic heterocycles. The van der Waals surface area contributed by atoms with E-state index in [1.807, 2.05) is 0 Å². The topological polar surface area (TPSA) is 17.4 Å². The van der Waals surface area contributed by atoms with Crippen LogP contribution in [0.4, 0.5) is 0 Å². The number of methoxy groups -OCH3 is 1. The molecule has 0 spiro atoms. The number of rotatable bonds is 4. The molecule has 1 aromatic carbocycles. The summed E-state index contributed by atoms with van der Waals surface area (Å²) in [5.41, 5.74) is 0.508. The highest BCUT2D eigenvalue weighted by Crippen LogP contribution is 2.22. The molecule has 3 heteroatoms. The van der Waals surface area contributed by atoms with E-state index in [0.717, 1.165) is 4.90 Å². The van der Waals surface area contributed by atoms with Crippen LogP contribution in [0.1, 0.15) is 17.9 Å². The smallest absolute Gasteiger partial charge is 0.119 e. The van der Waals surface area contributed by atoms with Crippen LogP contribution in [0.15, 0.2) is 30.5 Å². The van der Waals surface area contributed by atoms with E-state index in [1.165, 1.54) is 36.9 Å². The van der Waals surface area contributed by atoms with E-state index >= 15 is 0 Å². The minimum absolute atomic E-state index is 0.151. The van der Waals surface area contributed by atoms with Crippen LogP contribution in [0.25, 0.3) is 10.9 Å². The molecular weight excluding hydrogens is 212 g/mol. The second-order valence-electron chi connectivity index (χ2n) is 3.92. The molecule has 92 valence electrons. The van der Waals surface area contributed by atoms with Crippen molar-refractivity contribution in [3.05, 3.63) is 30.5 Å². The first-order valence-electron chi connectivity index (χ1n) is 9.27. The van der Waals surface area contributed by atoms with E-state index < -0.39 is 26.6 Å². The predicted octanol–water partition coefficient (Wildman–Crippen LogP) is 2.60. The number of benzene rings is 1. The molecule has 0 amide bonds. The van der Waals surface area contributed by atoms with Crippen LogP contribution in [-0.2, 0) is 6.50 Å². The van der Waals surface area contributed by atoms with Crippen molar-refractivity contribution in [2.75, 3.05) is 21.1 Å². The van der Waals surface area contributed by atoms with Gasteiger partial charge in [-0.05, 0) is 45.2 Å². The summed E-state index contributed by atoms with van der Waals surface area (Å²) in [6, 6.07) is 5.19. The zero-order chi connectivity index (χ0) is 19.2. The quantitative estimate of drug-likeness (QED) is 0.817. The maximum atomic E-state index is 8.40. The van der Waals surface area contributed by atoms with Crippen molar-refractivity contribution in [3.8, 4) is 5.75 Å². The molecule has 0 saturated heterocycles. The molecule has 0 N–H and O–H groups in total. The van der Waals surface area contributed by atoms with Gasteiger partial charge in [-0.2, -0.15) is 0 Å². The number of likely N-dealkylation sites (N-methyl/N-ethyl adjacent to an activating group) is 1. The van der Waals surface area contributed by atoms with E-state index in [-0.39, 0.29) is 5.75 Å². The summed E-state index contributed by atoms with van der Waals surface area (Å²) in [7, 11) is -1.22. The highest BCUT2D eigenvalue weighted by molar-refractivity contribution is 5.81. The first-order chi connectivity index (χ1) is 11.2. The number of ether oxygens (including phenoxy) is 1. The van der Waals surface area contributed by atoms with Crippen LogP contribution in [0.3, 0.4) is 0 Å². The Morgan fingerprint density at radius 3 is 3.18 bits per heavy atom. The molecule has 0 unspecified atom stereocenters. The monoisotopic (exact) mass is 240 g/mol. The summed E-state index contributed by atoms with van der Waals surface area (Å²) in [6.07, 6.45) is 1.51. The predicted molar refractivity (Wildman–Crippen MR) is 71.6 cm³/mol. The van der Waals surface area contributed by atoms with Gasteiger partial charge in [0.15, 0.2) is 0 Å². The van der Waals surface area contributed by atoms with Crippen LogP contribution < -0.4 is 4.74 Å². The lowest BCUT2D eigenvalue weighted by Gasteiger charge is -2.20. The Morgan fingerprint density at radius 1 is 1.53 bits per heavy atom. The highest BCUT2D eigenvalue weighted by atomic mass is 16.5. The Hall–Kier alpha value is -1.48. The van der Waals surface area contributed by atoms with Crippen molar-refractivity contribution < 1.29 is 15.7 Å². The summed E-state index contributed by atoms with van der Waals surface area (Å²) in [6.45, 7) is -2.92. The van der Waals surface area contributed by atoms with E-state index in [4.69, 9.17) is 15.7 Å². The molecule has 17 heavy (non-hydrogen) atoms. The maximum absolute atomic E-state index is 8.40. The van der Waals surface area contributed by atoms with Gasteiger partial charge in [-0.25, -0.2) is 0 Å². The summed E-state index contributed by atoms with van der Waals surface area (Å²) in [5.74, 6) is 0.151. The number of fused-ring (bicyclic) bond motifs is 1. The summed E-state index contributed by atoms with van der Waals surface area (Å²) < 4.78 is 66.8. The molecule has 1 aromatic heterocycles. The molecule has 0 aliphatic carbocycles. The van der Waals surface area contributed by atoms with Gasteiger partial charge in [-0.1, -0.05) is 0 Å². The summed E-state index contributed by atoms with van der Waals surface area (Å²) in [4.78, 5) is 1.00. The Balaban J connectivity index is 2.40. The molecule has 0 fully saturated rings. The number of aromatic nitrogens is 1. The van der Waals surface area contributed by atoms with Gasteiger partial charge in [0, 0.05) is 33.8 Å². The zero-order valence-electron chi connectivity index (χ0n) is 17.8. The van der Waals surface area contributed by atoms with Crippen molar-refractivity contribution in [1.82, 2.24) is 9.47 Å². The van der Waals surface area contributed by atoms with Gasteiger partial charge in [-0.15, -0.1) is 0 Å². The van der Waals surface area contributed by atoms with Crippen LogP contribution in [0, 0.1) is 0 Å². The molecule has 1 heterocycles. The summed E-state index contributed by atoms with van der Waals surface area (Å²) in [5, 5.41) is 0.592. The fraction of sp³-hybridized carbons (Fsp3) is 0.429. The third-order valence-corrected chi connectivity index (χ3v) is 2.69. The average Bonchev–Trinajstić information content (AvgIpc) is 2.86. The van der Waals surface area contributed by atoms with E-state index in [2.05, 4.69) is 0 Å². The lowest BCUT2D eigenvalue weighted by molar-refractivity contribution is 0.286. The van der Waals surface area contributed by atoms with Crippen molar-refractivity contribution in [1.29, 1.82) is 0 Å². The fourth-order valence-corrected chi connectivity index (χ4v) is 1.58. The normalized spacial score (nSPS) is 22.5. The number of nitrogens with zero attached hydrogens (tertiary/aromatic N) is 2. The first-order valence-corrected chi connectivity index (χ1v) is 5.27. The molecule has 0 bridgehead atoms. The van der Waals surface area contributed by atoms with Crippen LogP contribution in [0.2, 0.25) is 0 Å². The van der Waals surface area contributed by atoms with Gasteiger partial charge in [0.25, 0.3) is 0 Å². The largest absolute Gasteiger partial charge is 0.497 e. The molecule has 0 saturated carbocycles. The van der Waals surface area contributed by atoms with Crippen molar-refractivity contribution in [2.45, 2.75) is 19.5 Å². The molecule has 0 radical (unpaired) electrons. The number of hydrogen-bond acceptors (Lipinski definition) is 2. The van der Waals surface area contributed by atoms with Gasteiger partial charge in [0.05, 0.1) is 13.9 Å². The minimum atomic E-state index is -2.57. The Bertz CT molecular complexity index is 749. The van der Waals surface area contributed by atoms with Crippen LogP contribution in [-0.4, -0.2) is 36.6 Å². The molecule has 0 aliphatic rings. The third-order valence-electron chi connectivity index (χ3n) is 2.69. The Morgan fingerprint density at radius 2 is 2.41 bits per heavy atom. The molecule has 2 aromatic rings. The molecule has 1 atom stereocenters. The van der Waals surface area contributed by atoms with Crippen molar-refractivity contribution in [2.24, 2.45) is 0 Å². The minimum Gasteiger partial charge on any atom is -0.497 e. The molecule has 2 rings (SSSR count). The van der Waals surface area contributed by atoms with Crippen molar-refractivity contribution >= 4 is 10.9 Å². The molecular formula is C14H20N2O. The lowest BCUT2D eigenvalue weighted by atomic mass is 10.2. The maximum Gasteiger partial charge on any atom is 0.119 e. The zero-order valence-corrected chi connectivity index (χ0v) is 9.77. The highest BCUT2D eigenvalue weighted by Gasteiger charge is 2.08. The Labute approximate surface area is 114 Å². The number of hydrogen-bond donors (Lipinski definition) is 0. The van der Waals surface area contributed by atoms with E-state index in [9.17, 15) is 0 Å².